The van der Waals surface area contributed by atoms with Gasteiger partial charge in [-0.25, -0.2) is 9.97 Å². The number of nitrogens with one attached hydrogen (secondary N) is 1. The molecule has 4 nitrogen and oxygen atoms in total. The SMILES string of the molecule is c1c[nH]c(CN2CCc3cnc(CC4CC4)nc3C2)c1. The first-order valence-electron chi connectivity index (χ1n) is 7.55. The predicted molar refractivity (Wildman–Crippen MR) is 77.1 cm³/mol. The highest BCUT2D eigenvalue weighted by molar-refractivity contribution is 5.21. The Balaban J connectivity index is 1.48. The summed E-state index contributed by atoms with van der Waals surface area (Å²) in [6.07, 6.45) is 8.91. The van der Waals surface area contributed by atoms with E-state index in [1.54, 1.807) is 0 Å². The van der Waals surface area contributed by atoms with Gasteiger partial charge in [0.2, 0.25) is 0 Å². The molecule has 0 spiro atoms. The normalized spacial score (nSPS) is 19.0. The van der Waals surface area contributed by atoms with Crippen LogP contribution in [-0.4, -0.2) is 26.4 Å². The third-order valence-corrected chi connectivity index (χ3v) is 4.30. The molecule has 1 N–H and O–H groups in total. The molecule has 0 saturated heterocycles. The number of hydrogen-bond acceptors (Lipinski definition) is 3. The van der Waals surface area contributed by atoms with E-state index in [2.05, 4.69) is 33.2 Å². The summed E-state index contributed by atoms with van der Waals surface area (Å²) in [5.74, 6) is 1.90. The number of rotatable bonds is 4. The van der Waals surface area contributed by atoms with Crippen molar-refractivity contribution in [1.29, 1.82) is 0 Å². The Bertz CT molecular complexity index is 587. The van der Waals surface area contributed by atoms with Gasteiger partial charge >= 0.3 is 0 Å². The zero-order valence-electron chi connectivity index (χ0n) is 11.7. The van der Waals surface area contributed by atoms with Crippen LogP contribution < -0.4 is 0 Å². The number of aromatic amines is 1. The number of hydrogen-bond donors (Lipinski definition) is 1. The van der Waals surface area contributed by atoms with Gasteiger partial charge in [-0.05, 0) is 42.9 Å². The van der Waals surface area contributed by atoms with Crippen LogP contribution >= 0.6 is 0 Å². The molecular weight excluding hydrogens is 248 g/mol. The topological polar surface area (TPSA) is 44.8 Å². The second kappa shape index (κ2) is 5.02. The molecule has 1 aliphatic carbocycles. The third kappa shape index (κ3) is 2.61. The first-order chi connectivity index (χ1) is 9.87. The number of aromatic nitrogens is 3. The lowest BCUT2D eigenvalue weighted by atomic mass is 10.1. The molecule has 0 bridgehead atoms. The molecule has 1 saturated carbocycles. The van der Waals surface area contributed by atoms with E-state index in [1.165, 1.54) is 29.8 Å². The Morgan fingerprint density at radius 2 is 2.30 bits per heavy atom. The monoisotopic (exact) mass is 268 g/mol. The van der Waals surface area contributed by atoms with E-state index in [0.29, 0.717) is 0 Å². The van der Waals surface area contributed by atoms with Crippen molar-refractivity contribution in [2.45, 2.75) is 38.8 Å². The van der Waals surface area contributed by atoms with Crippen molar-refractivity contribution < 1.29 is 0 Å². The highest BCUT2D eigenvalue weighted by atomic mass is 15.1. The van der Waals surface area contributed by atoms with Crippen LogP contribution in [0.25, 0.3) is 0 Å². The zero-order chi connectivity index (χ0) is 13.4. The van der Waals surface area contributed by atoms with Crippen molar-refractivity contribution in [2.75, 3.05) is 6.54 Å². The minimum atomic E-state index is 0.853. The molecule has 20 heavy (non-hydrogen) atoms. The van der Waals surface area contributed by atoms with E-state index in [9.17, 15) is 0 Å². The van der Waals surface area contributed by atoms with Gasteiger partial charge in [0.25, 0.3) is 0 Å². The molecule has 1 fully saturated rings. The largest absolute Gasteiger partial charge is 0.364 e. The number of H-pyrrole nitrogens is 1. The van der Waals surface area contributed by atoms with Crippen molar-refractivity contribution in [3.05, 3.63) is 47.3 Å². The van der Waals surface area contributed by atoms with Crippen LogP contribution in [0.3, 0.4) is 0 Å². The fourth-order valence-corrected chi connectivity index (χ4v) is 2.92. The van der Waals surface area contributed by atoms with Gasteiger partial charge in [-0.2, -0.15) is 0 Å². The van der Waals surface area contributed by atoms with Crippen LogP contribution in [0, 0.1) is 5.92 Å². The molecular formula is C16H20N4. The summed E-state index contributed by atoms with van der Waals surface area (Å²) in [6.45, 7) is 3.03. The summed E-state index contributed by atoms with van der Waals surface area (Å²) in [5.41, 5.74) is 3.86. The molecule has 2 aliphatic rings. The zero-order valence-corrected chi connectivity index (χ0v) is 11.7. The minimum Gasteiger partial charge on any atom is -0.364 e. The average Bonchev–Trinajstić information content (AvgIpc) is 3.12. The Labute approximate surface area is 119 Å². The maximum atomic E-state index is 4.81. The van der Waals surface area contributed by atoms with Gasteiger partial charge in [0.05, 0.1) is 5.69 Å². The maximum absolute atomic E-state index is 4.81. The third-order valence-electron chi connectivity index (χ3n) is 4.30. The van der Waals surface area contributed by atoms with E-state index in [4.69, 9.17) is 4.98 Å². The minimum absolute atomic E-state index is 0.853. The molecule has 4 heteroatoms. The van der Waals surface area contributed by atoms with Gasteiger partial charge in [0.15, 0.2) is 0 Å². The summed E-state index contributed by atoms with van der Waals surface area (Å²) in [5, 5.41) is 0. The van der Waals surface area contributed by atoms with E-state index < -0.39 is 0 Å². The second-order valence-corrected chi connectivity index (χ2v) is 6.06. The Hall–Kier alpha value is -1.68. The quantitative estimate of drug-likeness (QED) is 0.925. The summed E-state index contributed by atoms with van der Waals surface area (Å²) < 4.78 is 0. The van der Waals surface area contributed by atoms with Crippen LogP contribution in [0.1, 0.15) is 35.6 Å². The molecule has 0 radical (unpaired) electrons. The van der Waals surface area contributed by atoms with Crippen molar-refractivity contribution >= 4 is 0 Å². The van der Waals surface area contributed by atoms with E-state index in [1.807, 2.05) is 6.20 Å². The molecule has 0 atom stereocenters. The Morgan fingerprint density at radius 1 is 1.35 bits per heavy atom. The van der Waals surface area contributed by atoms with Gasteiger partial charge in [-0.15, -0.1) is 0 Å². The summed E-state index contributed by atoms with van der Waals surface area (Å²) in [4.78, 5) is 15.1. The summed E-state index contributed by atoms with van der Waals surface area (Å²) in [6, 6.07) is 4.21. The summed E-state index contributed by atoms with van der Waals surface area (Å²) in [7, 11) is 0. The van der Waals surface area contributed by atoms with Crippen LogP contribution in [0.15, 0.2) is 24.5 Å². The number of nitrogens with zero attached hydrogens (tertiary/aromatic N) is 3. The highest BCUT2D eigenvalue weighted by Crippen LogP contribution is 2.32. The van der Waals surface area contributed by atoms with E-state index in [0.717, 1.165) is 44.2 Å². The van der Waals surface area contributed by atoms with Crippen molar-refractivity contribution in [1.82, 2.24) is 19.9 Å². The Morgan fingerprint density at radius 3 is 3.10 bits per heavy atom. The van der Waals surface area contributed by atoms with Gasteiger partial charge in [-0.1, -0.05) is 0 Å². The van der Waals surface area contributed by atoms with E-state index in [-0.39, 0.29) is 0 Å². The first-order valence-corrected chi connectivity index (χ1v) is 7.55. The van der Waals surface area contributed by atoms with Crippen LogP contribution in [0.2, 0.25) is 0 Å². The first kappa shape index (κ1) is 12.1. The molecule has 104 valence electrons. The average molecular weight is 268 g/mol. The fraction of sp³-hybridized carbons (Fsp3) is 0.500. The van der Waals surface area contributed by atoms with Gasteiger partial charge in [0.1, 0.15) is 5.82 Å². The van der Waals surface area contributed by atoms with Crippen LogP contribution in [0.4, 0.5) is 0 Å². The van der Waals surface area contributed by atoms with Crippen molar-refractivity contribution in [3.63, 3.8) is 0 Å². The number of fused-ring (bicyclic) bond motifs is 1. The van der Waals surface area contributed by atoms with E-state index >= 15 is 0 Å². The van der Waals surface area contributed by atoms with Gasteiger partial charge in [-0.3, -0.25) is 4.90 Å². The Kier molecular flexibility index (Phi) is 3.03. The molecule has 2 aromatic heterocycles. The maximum Gasteiger partial charge on any atom is 0.128 e. The molecule has 0 amide bonds. The lowest BCUT2D eigenvalue weighted by molar-refractivity contribution is 0.238. The molecule has 0 unspecified atom stereocenters. The standard InChI is InChI=1S/C16H20N4/c1-2-14(17-6-1)10-20-7-5-13-9-18-16(8-12-3-4-12)19-15(13)11-20/h1-2,6,9,12,17H,3-5,7-8,10-11H2. The lowest BCUT2D eigenvalue weighted by Crippen LogP contribution is -2.31. The molecule has 0 aromatic carbocycles. The van der Waals surface area contributed by atoms with Crippen LogP contribution in [-0.2, 0) is 25.9 Å². The van der Waals surface area contributed by atoms with Crippen molar-refractivity contribution in [2.24, 2.45) is 5.92 Å². The highest BCUT2D eigenvalue weighted by Gasteiger charge is 2.24. The molecule has 4 rings (SSSR count). The summed E-state index contributed by atoms with van der Waals surface area (Å²) >= 11 is 0. The second-order valence-electron chi connectivity index (χ2n) is 6.06. The fourth-order valence-electron chi connectivity index (χ4n) is 2.92. The molecule has 3 heterocycles. The molecule has 1 aliphatic heterocycles. The van der Waals surface area contributed by atoms with Gasteiger partial charge < -0.3 is 4.98 Å². The van der Waals surface area contributed by atoms with Crippen LogP contribution in [0.5, 0.6) is 0 Å². The van der Waals surface area contributed by atoms with Gasteiger partial charge in [0, 0.05) is 44.1 Å². The van der Waals surface area contributed by atoms with Crippen molar-refractivity contribution in [3.8, 4) is 0 Å². The molecule has 2 aromatic rings. The smallest absolute Gasteiger partial charge is 0.128 e. The lowest BCUT2D eigenvalue weighted by Gasteiger charge is -2.27. The predicted octanol–water partition coefficient (Wildman–Crippen LogP) is 2.32.